The van der Waals surface area contributed by atoms with Crippen LogP contribution in [0.5, 0.6) is 11.5 Å². The molecule has 4 rings (SSSR count). The molecule has 0 fully saturated rings. The molecule has 7 heteroatoms. The number of carbonyl (C=O) groups is 2. The number of rotatable bonds is 14. The molecule has 4 aromatic rings. The Hall–Kier alpha value is -4.78. The molecule has 0 radical (unpaired) electrons. The molecule has 0 aliphatic heterocycles. The first-order valence-electron chi connectivity index (χ1n) is 14.5. The minimum absolute atomic E-state index is 0.000564. The van der Waals surface area contributed by atoms with Gasteiger partial charge in [0.1, 0.15) is 31.3 Å². The average Bonchev–Trinajstić information content (AvgIpc) is 3.32. The van der Waals surface area contributed by atoms with E-state index in [1.165, 1.54) is 5.56 Å². The highest BCUT2D eigenvalue weighted by Gasteiger charge is 2.13. The Morgan fingerprint density at radius 2 is 1.63 bits per heavy atom. The summed E-state index contributed by atoms with van der Waals surface area (Å²) in [7, 11) is 1.63. The Labute approximate surface area is 253 Å². The fraction of sp³-hybridized carbons (Fsp3) is 0.278. The Kier molecular flexibility index (Phi) is 10.8. The zero-order chi connectivity index (χ0) is 30.8. The number of carboxylic acid groups (broad SMARTS) is 1. The summed E-state index contributed by atoms with van der Waals surface area (Å²) >= 11 is 0. The van der Waals surface area contributed by atoms with Crippen molar-refractivity contribution in [2.45, 2.75) is 46.6 Å². The third-order valence-electron chi connectivity index (χ3n) is 7.22. The minimum atomic E-state index is -0.901. The number of fused-ring (bicyclic) bond motifs is 1. The molecule has 1 aromatic heterocycles. The Morgan fingerprint density at radius 1 is 0.930 bits per heavy atom. The first-order chi connectivity index (χ1) is 20.7. The molecule has 0 aliphatic carbocycles. The van der Waals surface area contributed by atoms with E-state index in [1.54, 1.807) is 11.6 Å². The normalized spacial score (nSPS) is 11.4. The summed E-state index contributed by atoms with van der Waals surface area (Å²) in [6.07, 6.45) is 11.6. The summed E-state index contributed by atoms with van der Waals surface area (Å²) in [6.45, 7) is 7.01. The maximum atomic E-state index is 11.7. The lowest BCUT2D eigenvalue weighted by Crippen LogP contribution is -2.17. The highest BCUT2D eigenvalue weighted by molar-refractivity contribution is 5.94. The van der Waals surface area contributed by atoms with Gasteiger partial charge in [-0.3, -0.25) is 9.59 Å². The van der Waals surface area contributed by atoms with E-state index < -0.39 is 5.97 Å². The summed E-state index contributed by atoms with van der Waals surface area (Å²) in [5.74, 6) is 0.803. The zero-order valence-electron chi connectivity index (χ0n) is 25.4. The van der Waals surface area contributed by atoms with Gasteiger partial charge in [0, 0.05) is 25.1 Å². The van der Waals surface area contributed by atoms with Crippen molar-refractivity contribution in [1.82, 2.24) is 9.88 Å². The van der Waals surface area contributed by atoms with Gasteiger partial charge in [-0.1, -0.05) is 60.2 Å². The number of ether oxygens (including phenoxy) is 2. The topological polar surface area (TPSA) is 89.8 Å². The van der Waals surface area contributed by atoms with Crippen LogP contribution < -0.4 is 14.8 Å². The van der Waals surface area contributed by atoms with Crippen LogP contribution in [0.3, 0.4) is 0 Å². The number of carboxylic acids is 1. The lowest BCUT2D eigenvalue weighted by atomic mass is 10.0. The van der Waals surface area contributed by atoms with E-state index in [-0.39, 0.29) is 12.5 Å². The van der Waals surface area contributed by atoms with Gasteiger partial charge in [-0.2, -0.15) is 0 Å². The molecule has 1 heterocycles. The number of aryl methyl sites for hydroxylation is 4. The molecule has 0 spiro atoms. The third kappa shape index (κ3) is 8.61. The molecule has 224 valence electrons. The Balaban J connectivity index is 1.37. The van der Waals surface area contributed by atoms with Crippen molar-refractivity contribution in [2.24, 2.45) is 0 Å². The van der Waals surface area contributed by atoms with Gasteiger partial charge in [0.05, 0.1) is 5.52 Å². The van der Waals surface area contributed by atoms with E-state index in [9.17, 15) is 14.7 Å². The average molecular weight is 581 g/mol. The van der Waals surface area contributed by atoms with E-state index in [0.29, 0.717) is 32.5 Å². The largest absolute Gasteiger partial charge is 0.490 e. The summed E-state index contributed by atoms with van der Waals surface area (Å²) in [4.78, 5) is 23.2. The van der Waals surface area contributed by atoms with Crippen molar-refractivity contribution in [3.05, 3.63) is 106 Å². The van der Waals surface area contributed by atoms with Crippen LogP contribution in [-0.2, 0) is 22.6 Å². The zero-order valence-corrected chi connectivity index (χ0v) is 25.4. The smallest absolute Gasteiger partial charge is 0.323 e. The maximum Gasteiger partial charge on any atom is 0.323 e. The number of benzene rings is 3. The Morgan fingerprint density at radius 3 is 2.30 bits per heavy atom. The number of hydrogen-bond acceptors (Lipinski definition) is 4. The Bertz CT molecular complexity index is 1610. The molecule has 7 nitrogen and oxygen atoms in total. The van der Waals surface area contributed by atoms with Crippen molar-refractivity contribution >= 4 is 34.9 Å². The molecule has 43 heavy (non-hydrogen) atoms. The SMILES string of the molecule is CNC(=O)CCCc1cn(CC(=O)O)c2c(C=Cc3ccc(OCC=CCOc4c(C)cc(C)cc4C)cc3)cccc12. The first kappa shape index (κ1) is 31.2. The lowest BCUT2D eigenvalue weighted by molar-refractivity contribution is -0.137. The van der Waals surface area contributed by atoms with E-state index in [1.807, 2.05) is 73.0 Å². The first-order valence-corrected chi connectivity index (χ1v) is 14.5. The number of carbonyl (C=O) groups excluding carboxylic acids is 1. The number of nitrogens with one attached hydrogen (secondary N) is 1. The molecular formula is C36H40N2O5. The fourth-order valence-electron chi connectivity index (χ4n) is 5.30. The molecule has 0 unspecified atom stereocenters. The predicted octanol–water partition coefficient (Wildman–Crippen LogP) is 6.90. The number of nitrogens with zero attached hydrogens (tertiary/aromatic N) is 1. The van der Waals surface area contributed by atoms with Crippen molar-refractivity contribution < 1.29 is 24.2 Å². The van der Waals surface area contributed by atoms with Crippen LogP contribution in [0.2, 0.25) is 0 Å². The van der Waals surface area contributed by atoms with Gasteiger partial charge in [-0.25, -0.2) is 0 Å². The van der Waals surface area contributed by atoms with Crippen LogP contribution in [0, 0.1) is 20.8 Å². The fourth-order valence-corrected chi connectivity index (χ4v) is 5.30. The van der Waals surface area contributed by atoms with Gasteiger partial charge in [-0.05, 0) is 85.7 Å². The van der Waals surface area contributed by atoms with Gasteiger partial charge in [-0.15, -0.1) is 0 Å². The van der Waals surface area contributed by atoms with Crippen molar-refractivity contribution in [3.63, 3.8) is 0 Å². The summed E-state index contributed by atoms with van der Waals surface area (Å²) < 4.78 is 13.6. The molecule has 1 amide bonds. The molecule has 0 atom stereocenters. The van der Waals surface area contributed by atoms with Crippen LogP contribution in [-0.4, -0.2) is 41.8 Å². The standard InChI is InChI=1S/C36H40N2O5/c1-25-21-26(2)36(27(3)22-25)43-20-6-5-19-42-31-17-14-28(15-18-31)13-16-29-9-7-11-32-30(10-8-12-33(39)37-4)23-38(35(29)32)24-34(40)41/h5-7,9,11,13-18,21-23H,8,10,12,19-20,24H2,1-4H3,(H,37,39)(H,40,41). The highest BCUT2D eigenvalue weighted by atomic mass is 16.5. The second kappa shape index (κ2) is 14.9. The maximum absolute atomic E-state index is 11.7. The highest BCUT2D eigenvalue weighted by Crippen LogP contribution is 2.28. The van der Waals surface area contributed by atoms with E-state index in [2.05, 4.69) is 38.2 Å². The quantitative estimate of drug-likeness (QED) is 0.125. The van der Waals surface area contributed by atoms with Crippen molar-refractivity contribution in [2.75, 3.05) is 20.3 Å². The molecule has 0 bridgehead atoms. The van der Waals surface area contributed by atoms with Crippen LogP contribution in [0.15, 0.2) is 72.9 Å². The molecule has 0 saturated carbocycles. The van der Waals surface area contributed by atoms with E-state index in [4.69, 9.17) is 9.47 Å². The van der Waals surface area contributed by atoms with Crippen LogP contribution >= 0.6 is 0 Å². The van der Waals surface area contributed by atoms with E-state index in [0.717, 1.165) is 50.2 Å². The van der Waals surface area contributed by atoms with E-state index >= 15 is 0 Å². The molecule has 2 N–H and O–H groups in total. The van der Waals surface area contributed by atoms with Crippen LogP contribution in [0.1, 0.15) is 46.2 Å². The number of amides is 1. The second-order valence-electron chi connectivity index (χ2n) is 10.7. The summed E-state index contributed by atoms with van der Waals surface area (Å²) in [6, 6.07) is 18.1. The third-order valence-corrected chi connectivity index (χ3v) is 7.22. The van der Waals surface area contributed by atoms with Gasteiger partial charge in [0.15, 0.2) is 0 Å². The predicted molar refractivity (Wildman–Crippen MR) is 173 cm³/mol. The monoisotopic (exact) mass is 580 g/mol. The summed E-state index contributed by atoms with van der Waals surface area (Å²) in [5.41, 5.74) is 7.36. The number of aromatic nitrogens is 1. The number of aliphatic carboxylic acids is 1. The molecule has 0 saturated heterocycles. The van der Waals surface area contributed by atoms with Crippen molar-refractivity contribution in [3.8, 4) is 11.5 Å². The summed E-state index contributed by atoms with van der Waals surface area (Å²) in [5, 5.41) is 13.2. The van der Waals surface area contributed by atoms with Gasteiger partial charge in [0.2, 0.25) is 5.91 Å². The van der Waals surface area contributed by atoms with Crippen LogP contribution in [0.4, 0.5) is 0 Å². The van der Waals surface area contributed by atoms with Gasteiger partial charge in [0.25, 0.3) is 0 Å². The van der Waals surface area contributed by atoms with Crippen LogP contribution in [0.25, 0.3) is 23.1 Å². The van der Waals surface area contributed by atoms with Gasteiger partial charge >= 0.3 is 5.97 Å². The number of hydrogen-bond donors (Lipinski definition) is 2. The second-order valence-corrected chi connectivity index (χ2v) is 10.7. The van der Waals surface area contributed by atoms with Gasteiger partial charge < -0.3 is 24.5 Å². The minimum Gasteiger partial charge on any atom is -0.490 e. The molecular weight excluding hydrogens is 540 g/mol. The number of para-hydroxylation sites is 1. The van der Waals surface area contributed by atoms with Crippen molar-refractivity contribution in [1.29, 1.82) is 0 Å². The lowest BCUT2D eigenvalue weighted by Gasteiger charge is -2.11. The molecule has 3 aromatic carbocycles. The molecule has 0 aliphatic rings.